The summed E-state index contributed by atoms with van der Waals surface area (Å²) in [5.74, 6) is -3.54. The number of alkyl halides is 6. The number of imide groups is 1. The van der Waals surface area contributed by atoms with E-state index in [1.165, 1.54) is 6.20 Å². The molecule has 14 heteroatoms. The molecule has 2 aromatic carbocycles. The van der Waals surface area contributed by atoms with Crippen LogP contribution in [0.2, 0.25) is 0 Å². The van der Waals surface area contributed by atoms with E-state index < -0.39 is 53.5 Å². The average Bonchev–Trinajstić information content (AvgIpc) is 3.07. The molecule has 1 saturated heterocycles. The number of para-hydroxylation sites is 1. The van der Waals surface area contributed by atoms with Crippen LogP contribution in [0.4, 0.5) is 36.8 Å². The molecule has 1 aliphatic heterocycles. The number of aromatic nitrogens is 1. The Labute approximate surface area is 215 Å². The molecule has 2 heterocycles. The van der Waals surface area contributed by atoms with Crippen LogP contribution in [0, 0.1) is 0 Å². The fourth-order valence-corrected chi connectivity index (χ4v) is 4.58. The summed E-state index contributed by atoms with van der Waals surface area (Å²) in [4.78, 5) is 43.9. The smallest absolute Gasteiger partial charge is 0.453 e. The molecular weight excluding hydrogens is 540 g/mol. The minimum Gasteiger partial charge on any atom is -0.453 e. The molecule has 0 spiro atoms. The minimum absolute atomic E-state index is 0.104. The van der Waals surface area contributed by atoms with Gasteiger partial charge < -0.3 is 9.64 Å². The minimum atomic E-state index is -5.34. The Balaban J connectivity index is 1.70. The maximum Gasteiger partial charge on any atom is 0.490 e. The predicted octanol–water partition coefficient (Wildman–Crippen LogP) is 5.68. The number of carbonyl (C=O) groups excluding carboxylic acids is 3. The van der Waals surface area contributed by atoms with Crippen molar-refractivity contribution in [1.82, 2.24) is 9.88 Å². The molecule has 0 bridgehead atoms. The number of urea groups is 1. The third-order valence-corrected chi connectivity index (χ3v) is 6.36. The van der Waals surface area contributed by atoms with Crippen molar-refractivity contribution in [3.63, 3.8) is 0 Å². The summed E-state index contributed by atoms with van der Waals surface area (Å²) in [5.41, 5.74) is -3.60. The molecule has 0 N–H and O–H groups in total. The largest absolute Gasteiger partial charge is 0.490 e. The van der Waals surface area contributed by atoms with Crippen molar-refractivity contribution in [2.45, 2.75) is 42.2 Å². The summed E-state index contributed by atoms with van der Waals surface area (Å²) >= 11 is -0.397. The number of hydrogen-bond donors (Lipinski definition) is 0. The molecule has 0 radical (unpaired) electrons. The highest BCUT2D eigenvalue weighted by molar-refractivity contribution is 8.00. The fraction of sp³-hybridized carbons (Fsp3) is 0.250. The molecule has 200 valence electrons. The Morgan fingerprint density at radius 2 is 1.68 bits per heavy atom. The molecule has 4 rings (SSSR count). The number of hydrogen-bond acceptors (Lipinski definition) is 6. The Morgan fingerprint density at radius 1 is 1.03 bits per heavy atom. The first-order valence-corrected chi connectivity index (χ1v) is 11.7. The molecule has 38 heavy (non-hydrogen) atoms. The van der Waals surface area contributed by atoms with Crippen molar-refractivity contribution >= 4 is 46.3 Å². The van der Waals surface area contributed by atoms with Gasteiger partial charge in [0.25, 0.3) is 5.91 Å². The van der Waals surface area contributed by atoms with E-state index in [9.17, 15) is 40.7 Å². The number of halogens is 6. The van der Waals surface area contributed by atoms with Crippen LogP contribution < -0.4 is 4.90 Å². The third kappa shape index (κ3) is 5.69. The Bertz CT molecular complexity index is 1370. The number of esters is 1. The monoisotopic (exact) mass is 557 g/mol. The third-order valence-electron chi connectivity index (χ3n) is 5.62. The van der Waals surface area contributed by atoms with Crippen LogP contribution in [-0.2, 0) is 20.9 Å². The molecular formula is C24H17F6N3O4S. The van der Waals surface area contributed by atoms with Gasteiger partial charge in [0.05, 0.1) is 11.2 Å². The van der Waals surface area contributed by atoms with E-state index in [2.05, 4.69) is 9.72 Å². The molecule has 0 aliphatic carbocycles. The molecule has 0 saturated carbocycles. The fourth-order valence-electron chi connectivity index (χ4n) is 4.04. The number of anilines is 1. The van der Waals surface area contributed by atoms with E-state index in [-0.39, 0.29) is 17.1 Å². The average molecular weight is 557 g/mol. The summed E-state index contributed by atoms with van der Waals surface area (Å²) in [6.45, 7) is 0.786. The lowest BCUT2D eigenvalue weighted by Crippen LogP contribution is -2.45. The number of thioether (sulfide) groups is 1. The lowest BCUT2D eigenvalue weighted by atomic mass is 10.1. The zero-order valence-electron chi connectivity index (χ0n) is 19.3. The number of benzene rings is 2. The number of nitrogens with zero attached hydrogens (tertiary/aromatic N) is 3. The molecule has 1 unspecified atom stereocenters. The Kier molecular flexibility index (Phi) is 7.28. The zero-order valence-corrected chi connectivity index (χ0v) is 20.1. The Hall–Kier alpha value is -3.81. The summed E-state index contributed by atoms with van der Waals surface area (Å²) < 4.78 is 81.1. The van der Waals surface area contributed by atoms with Crippen molar-refractivity contribution in [2.24, 2.45) is 0 Å². The van der Waals surface area contributed by atoms with E-state index in [0.717, 1.165) is 36.1 Å². The first kappa shape index (κ1) is 27.2. The topological polar surface area (TPSA) is 79.8 Å². The maximum absolute atomic E-state index is 13.4. The van der Waals surface area contributed by atoms with Crippen molar-refractivity contribution in [3.05, 3.63) is 66.4 Å². The Morgan fingerprint density at radius 3 is 2.32 bits per heavy atom. The van der Waals surface area contributed by atoms with E-state index in [1.807, 2.05) is 0 Å². The van der Waals surface area contributed by atoms with Crippen LogP contribution in [0.5, 0.6) is 0 Å². The van der Waals surface area contributed by atoms with Crippen LogP contribution in [-0.4, -0.2) is 51.6 Å². The van der Waals surface area contributed by atoms with Gasteiger partial charge in [0.2, 0.25) is 0 Å². The molecule has 3 amide bonds. The summed E-state index contributed by atoms with van der Waals surface area (Å²) in [6.07, 6.45) is -5.59. The van der Waals surface area contributed by atoms with Gasteiger partial charge in [-0.05, 0) is 60.6 Å². The van der Waals surface area contributed by atoms with Gasteiger partial charge in [0.15, 0.2) is 6.04 Å². The zero-order chi connectivity index (χ0) is 27.8. The second-order valence-corrected chi connectivity index (χ2v) is 9.30. The van der Waals surface area contributed by atoms with E-state index in [4.69, 9.17) is 0 Å². The molecule has 1 aromatic heterocycles. The number of amides is 3. The van der Waals surface area contributed by atoms with Crippen LogP contribution in [0.1, 0.15) is 12.5 Å². The molecule has 3 aromatic rings. The van der Waals surface area contributed by atoms with Gasteiger partial charge in [-0.2, -0.15) is 26.3 Å². The predicted molar refractivity (Wildman–Crippen MR) is 124 cm³/mol. The maximum atomic E-state index is 13.4. The van der Waals surface area contributed by atoms with E-state index >= 15 is 0 Å². The number of ether oxygens (including phenoxy) is 1. The van der Waals surface area contributed by atoms with E-state index in [0.29, 0.717) is 21.4 Å². The van der Waals surface area contributed by atoms with Crippen LogP contribution in [0.25, 0.3) is 10.9 Å². The van der Waals surface area contributed by atoms with E-state index in [1.54, 1.807) is 30.3 Å². The molecule has 7 nitrogen and oxygen atoms in total. The standard InChI is InChI=1S/C24H17F6N3O4S/c1-13(37-21(35)23(25,26)27)19-20(34)33(15-6-8-16(9-7-15)38-24(28,29)30)22(36)32(19)12-14-10-11-31-18-5-3-2-4-17(14)18/h2-11,13,19H,12H2,1H3/t13?,19-/m1/s1. The van der Waals surface area contributed by atoms with Crippen molar-refractivity contribution in [2.75, 3.05) is 4.90 Å². The van der Waals surface area contributed by atoms with Crippen LogP contribution in [0.3, 0.4) is 0 Å². The highest BCUT2D eigenvalue weighted by Crippen LogP contribution is 2.38. The molecule has 1 aliphatic rings. The molecule has 2 atom stereocenters. The first-order valence-electron chi connectivity index (χ1n) is 10.9. The van der Waals surface area contributed by atoms with Gasteiger partial charge in [-0.3, -0.25) is 9.78 Å². The number of carbonyl (C=O) groups is 3. The first-order chi connectivity index (χ1) is 17.8. The second-order valence-electron chi connectivity index (χ2n) is 8.17. The normalized spacial score (nSPS) is 17.3. The second kappa shape index (κ2) is 10.2. The highest BCUT2D eigenvalue weighted by atomic mass is 32.2. The van der Waals surface area contributed by atoms with Gasteiger partial charge in [0.1, 0.15) is 6.10 Å². The quantitative estimate of drug-likeness (QED) is 0.168. The lowest BCUT2D eigenvalue weighted by molar-refractivity contribution is -0.206. The molecule has 1 fully saturated rings. The number of pyridine rings is 1. The van der Waals surface area contributed by atoms with Crippen LogP contribution >= 0.6 is 11.8 Å². The van der Waals surface area contributed by atoms with Crippen molar-refractivity contribution < 1.29 is 45.5 Å². The van der Waals surface area contributed by atoms with Crippen molar-refractivity contribution in [1.29, 1.82) is 0 Å². The summed E-state index contributed by atoms with van der Waals surface area (Å²) in [7, 11) is 0. The SMILES string of the molecule is CC(OC(=O)C(F)(F)F)[C@@H]1C(=O)N(c2ccc(SC(F)(F)F)cc2)C(=O)N1Cc1ccnc2ccccc12. The highest BCUT2D eigenvalue weighted by Gasteiger charge is 2.51. The van der Waals surface area contributed by atoms with Gasteiger partial charge in [0, 0.05) is 23.0 Å². The van der Waals surface area contributed by atoms with Gasteiger partial charge >= 0.3 is 23.7 Å². The van der Waals surface area contributed by atoms with Crippen molar-refractivity contribution in [3.8, 4) is 0 Å². The van der Waals surface area contributed by atoms with Gasteiger partial charge in [-0.15, -0.1) is 0 Å². The number of fused-ring (bicyclic) bond motifs is 1. The summed E-state index contributed by atoms with van der Waals surface area (Å²) in [6, 6.07) is 10.1. The number of rotatable bonds is 6. The van der Waals surface area contributed by atoms with Gasteiger partial charge in [-0.25, -0.2) is 14.5 Å². The summed E-state index contributed by atoms with van der Waals surface area (Å²) in [5, 5.41) is 0.612. The van der Waals surface area contributed by atoms with Gasteiger partial charge in [-0.1, -0.05) is 18.2 Å². The van der Waals surface area contributed by atoms with Crippen LogP contribution in [0.15, 0.2) is 65.7 Å². The lowest BCUT2D eigenvalue weighted by Gasteiger charge is -2.27.